The Balaban J connectivity index is 3.16. The number of halogens is 2. The van der Waals surface area contributed by atoms with Crippen LogP contribution in [0.1, 0.15) is 31.7 Å². The fraction of sp³-hybridized carbons (Fsp3) is 0.417. The molecule has 1 aromatic carbocycles. The summed E-state index contributed by atoms with van der Waals surface area (Å²) in [5, 5.41) is 2.36. The molecule has 0 saturated heterocycles. The first-order valence-corrected chi connectivity index (χ1v) is 5.27. The van der Waals surface area contributed by atoms with Crippen LogP contribution in [0.15, 0.2) is 17.3 Å². The summed E-state index contributed by atoms with van der Waals surface area (Å²) in [6.07, 6.45) is 1.01. The molecule has 0 aromatic heterocycles. The van der Waals surface area contributed by atoms with E-state index < -0.39 is 23.2 Å². The van der Waals surface area contributed by atoms with Gasteiger partial charge >= 0.3 is 0 Å². The molecule has 1 aromatic rings. The van der Waals surface area contributed by atoms with Gasteiger partial charge in [-0.05, 0) is 23.6 Å². The number of hydrogen-bond donors (Lipinski definition) is 0. The van der Waals surface area contributed by atoms with Crippen molar-refractivity contribution < 1.29 is 13.6 Å². The molecule has 5 heteroatoms. The maximum absolute atomic E-state index is 13.6. The standard InChI is InChI=1S/C12H13F2NO2/c1-7(2)3-8(6-16)9-4-11(14)12(15-17)5-10(9)13/h4-8H,3H2,1-2H3. The Morgan fingerprint density at radius 3 is 2.41 bits per heavy atom. The van der Waals surface area contributed by atoms with Gasteiger partial charge < -0.3 is 4.79 Å². The molecule has 0 aliphatic heterocycles. The number of hydrogen-bond acceptors (Lipinski definition) is 3. The third-order valence-electron chi connectivity index (χ3n) is 2.45. The minimum absolute atomic E-state index is 0.0291. The minimum Gasteiger partial charge on any atom is -0.303 e. The number of benzene rings is 1. The van der Waals surface area contributed by atoms with Gasteiger partial charge in [0.05, 0.1) is 0 Å². The zero-order chi connectivity index (χ0) is 13.0. The van der Waals surface area contributed by atoms with Crippen molar-refractivity contribution in [3.8, 4) is 0 Å². The number of nitrogens with zero attached hydrogens (tertiary/aromatic N) is 1. The van der Waals surface area contributed by atoms with Gasteiger partial charge in [0.15, 0.2) is 5.82 Å². The van der Waals surface area contributed by atoms with E-state index in [-0.39, 0.29) is 11.5 Å². The van der Waals surface area contributed by atoms with Gasteiger partial charge in [-0.15, -0.1) is 4.91 Å². The predicted octanol–water partition coefficient (Wildman–Crippen LogP) is 3.69. The molecule has 0 bridgehead atoms. The van der Waals surface area contributed by atoms with Crippen LogP contribution < -0.4 is 0 Å². The summed E-state index contributed by atoms with van der Waals surface area (Å²) in [6.45, 7) is 3.76. The lowest BCUT2D eigenvalue weighted by Crippen LogP contribution is -2.07. The van der Waals surface area contributed by atoms with E-state index in [9.17, 15) is 18.5 Å². The van der Waals surface area contributed by atoms with Gasteiger partial charge in [-0.2, -0.15) is 0 Å². The number of carbonyl (C=O) groups is 1. The van der Waals surface area contributed by atoms with Crippen LogP contribution in [-0.2, 0) is 4.79 Å². The number of aldehydes is 1. The molecular formula is C12H13F2NO2. The van der Waals surface area contributed by atoms with E-state index in [1.807, 2.05) is 13.8 Å². The second-order valence-corrected chi connectivity index (χ2v) is 4.29. The van der Waals surface area contributed by atoms with Crippen molar-refractivity contribution in [2.45, 2.75) is 26.2 Å². The largest absolute Gasteiger partial charge is 0.303 e. The molecule has 0 spiro atoms. The van der Waals surface area contributed by atoms with Crippen LogP contribution in [0.4, 0.5) is 14.5 Å². The monoisotopic (exact) mass is 241 g/mol. The van der Waals surface area contributed by atoms with Crippen molar-refractivity contribution in [3.05, 3.63) is 34.2 Å². The van der Waals surface area contributed by atoms with Crippen LogP contribution in [0.3, 0.4) is 0 Å². The molecule has 0 radical (unpaired) electrons. The summed E-state index contributed by atoms with van der Waals surface area (Å²) in [5.74, 6) is -2.22. The Morgan fingerprint density at radius 1 is 1.29 bits per heavy atom. The lowest BCUT2D eigenvalue weighted by Gasteiger charge is -2.14. The maximum Gasteiger partial charge on any atom is 0.152 e. The molecule has 17 heavy (non-hydrogen) atoms. The van der Waals surface area contributed by atoms with E-state index >= 15 is 0 Å². The topological polar surface area (TPSA) is 46.5 Å². The maximum atomic E-state index is 13.6. The van der Waals surface area contributed by atoms with Gasteiger partial charge in [-0.3, -0.25) is 0 Å². The van der Waals surface area contributed by atoms with Crippen LogP contribution in [0.5, 0.6) is 0 Å². The molecule has 1 atom stereocenters. The average Bonchev–Trinajstić information content (AvgIpc) is 2.28. The van der Waals surface area contributed by atoms with Crippen molar-refractivity contribution in [2.24, 2.45) is 11.1 Å². The van der Waals surface area contributed by atoms with Crippen molar-refractivity contribution in [3.63, 3.8) is 0 Å². The number of nitroso groups, excluding NO2 is 1. The van der Waals surface area contributed by atoms with Crippen LogP contribution in [-0.4, -0.2) is 6.29 Å². The van der Waals surface area contributed by atoms with E-state index in [1.165, 1.54) is 0 Å². The smallest absolute Gasteiger partial charge is 0.152 e. The summed E-state index contributed by atoms with van der Waals surface area (Å²) in [6, 6.07) is 1.59. The van der Waals surface area contributed by atoms with E-state index in [0.717, 1.165) is 6.07 Å². The normalized spacial score (nSPS) is 12.5. The fourth-order valence-electron chi connectivity index (χ4n) is 1.67. The molecule has 0 N–H and O–H groups in total. The summed E-state index contributed by atoms with van der Waals surface area (Å²) in [4.78, 5) is 21.1. The van der Waals surface area contributed by atoms with Crippen LogP contribution in [0.25, 0.3) is 0 Å². The van der Waals surface area contributed by atoms with Crippen LogP contribution in [0, 0.1) is 22.5 Å². The Morgan fingerprint density at radius 2 is 1.94 bits per heavy atom. The van der Waals surface area contributed by atoms with E-state index in [2.05, 4.69) is 5.18 Å². The summed E-state index contributed by atoms with van der Waals surface area (Å²) < 4.78 is 26.9. The van der Waals surface area contributed by atoms with Gasteiger partial charge in [-0.25, -0.2) is 8.78 Å². The van der Waals surface area contributed by atoms with Crippen LogP contribution >= 0.6 is 0 Å². The first-order valence-electron chi connectivity index (χ1n) is 5.27. The molecule has 0 aliphatic carbocycles. The Kier molecular flexibility index (Phi) is 4.43. The molecule has 1 rings (SSSR count). The summed E-state index contributed by atoms with van der Waals surface area (Å²) in [7, 11) is 0. The minimum atomic E-state index is -0.910. The lowest BCUT2D eigenvalue weighted by atomic mass is 9.91. The van der Waals surface area contributed by atoms with Gasteiger partial charge in [0.1, 0.15) is 17.8 Å². The number of carbonyl (C=O) groups excluding carboxylic acids is 1. The summed E-state index contributed by atoms with van der Waals surface area (Å²) in [5.41, 5.74) is -0.612. The molecule has 1 unspecified atom stereocenters. The SMILES string of the molecule is CC(C)CC(C=O)c1cc(F)c(N=O)cc1F. The molecule has 0 fully saturated rings. The van der Waals surface area contributed by atoms with Gasteiger partial charge in [-0.1, -0.05) is 13.8 Å². The zero-order valence-corrected chi connectivity index (χ0v) is 9.61. The Labute approximate surface area is 97.8 Å². The fourth-order valence-corrected chi connectivity index (χ4v) is 1.67. The third-order valence-corrected chi connectivity index (χ3v) is 2.45. The second kappa shape index (κ2) is 5.61. The van der Waals surface area contributed by atoms with Crippen molar-refractivity contribution in [1.82, 2.24) is 0 Å². The highest BCUT2D eigenvalue weighted by Gasteiger charge is 2.19. The lowest BCUT2D eigenvalue weighted by molar-refractivity contribution is -0.109. The predicted molar refractivity (Wildman–Crippen MR) is 60.1 cm³/mol. The highest BCUT2D eigenvalue weighted by Crippen LogP contribution is 2.29. The van der Waals surface area contributed by atoms with Crippen molar-refractivity contribution in [2.75, 3.05) is 0 Å². The first-order chi connectivity index (χ1) is 7.99. The molecule has 0 aliphatic rings. The van der Waals surface area contributed by atoms with E-state index in [0.29, 0.717) is 18.8 Å². The molecule has 0 amide bonds. The molecule has 0 saturated carbocycles. The van der Waals surface area contributed by atoms with Gasteiger partial charge in [0, 0.05) is 17.5 Å². The third kappa shape index (κ3) is 3.15. The van der Waals surface area contributed by atoms with Crippen LogP contribution in [0.2, 0.25) is 0 Å². The van der Waals surface area contributed by atoms with Gasteiger partial charge in [0.25, 0.3) is 0 Å². The molecular weight excluding hydrogens is 228 g/mol. The quantitative estimate of drug-likeness (QED) is 0.583. The van der Waals surface area contributed by atoms with E-state index in [1.54, 1.807) is 0 Å². The first kappa shape index (κ1) is 13.4. The second-order valence-electron chi connectivity index (χ2n) is 4.29. The highest BCUT2D eigenvalue weighted by molar-refractivity contribution is 5.63. The van der Waals surface area contributed by atoms with Crippen molar-refractivity contribution >= 4 is 12.0 Å². The highest BCUT2D eigenvalue weighted by atomic mass is 19.1. The van der Waals surface area contributed by atoms with E-state index in [4.69, 9.17) is 0 Å². The molecule has 3 nitrogen and oxygen atoms in total. The Hall–Kier alpha value is -1.65. The summed E-state index contributed by atoms with van der Waals surface area (Å²) >= 11 is 0. The molecule has 92 valence electrons. The zero-order valence-electron chi connectivity index (χ0n) is 9.61. The average molecular weight is 241 g/mol. The van der Waals surface area contributed by atoms with Gasteiger partial charge in [0.2, 0.25) is 0 Å². The number of rotatable bonds is 5. The van der Waals surface area contributed by atoms with Crippen molar-refractivity contribution in [1.29, 1.82) is 0 Å². The Bertz CT molecular complexity index is 433. The molecule has 0 heterocycles.